The number of allylic oxidation sites excluding steroid dienone is 2. The summed E-state index contributed by atoms with van der Waals surface area (Å²) in [6, 6.07) is 9.16. The summed E-state index contributed by atoms with van der Waals surface area (Å²) in [7, 11) is 0. The third kappa shape index (κ3) is 3.65. The van der Waals surface area contributed by atoms with Gasteiger partial charge in [0.1, 0.15) is 0 Å². The van der Waals surface area contributed by atoms with Crippen LogP contribution in [0.1, 0.15) is 19.4 Å². The maximum Gasteiger partial charge on any atom is 0.154 e. The Hall–Kier alpha value is -2.08. The second kappa shape index (κ2) is 4.97. The number of rotatable bonds is 3. The minimum atomic E-state index is -0.00330. The number of nitrogens with one attached hydrogen (secondary N) is 1. The van der Waals surface area contributed by atoms with Crippen molar-refractivity contribution in [3.63, 3.8) is 0 Å². The van der Waals surface area contributed by atoms with Crippen LogP contribution >= 0.6 is 0 Å². The number of ketones is 1. The number of benzene rings is 1. The van der Waals surface area contributed by atoms with Crippen molar-refractivity contribution in [3.8, 4) is 6.07 Å². The second-order valence-electron chi connectivity index (χ2n) is 3.26. The molecule has 0 aromatic heterocycles. The van der Waals surface area contributed by atoms with Crippen molar-refractivity contribution in [2.75, 3.05) is 5.32 Å². The molecular formula is C12H12N2O. The SMILES string of the molecule is CC(=O)/C=C(\C)Nc1cccc(C#N)c1. The summed E-state index contributed by atoms with van der Waals surface area (Å²) >= 11 is 0. The molecule has 3 nitrogen and oxygen atoms in total. The fourth-order valence-electron chi connectivity index (χ4n) is 1.24. The van der Waals surface area contributed by atoms with Crippen LogP contribution in [0.25, 0.3) is 0 Å². The van der Waals surface area contributed by atoms with Crippen molar-refractivity contribution in [2.45, 2.75) is 13.8 Å². The predicted octanol–water partition coefficient (Wildman–Crippen LogP) is 2.46. The highest BCUT2D eigenvalue weighted by atomic mass is 16.1. The van der Waals surface area contributed by atoms with Gasteiger partial charge in [0.25, 0.3) is 0 Å². The Morgan fingerprint density at radius 1 is 1.47 bits per heavy atom. The van der Waals surface area contributed by atoms with Gasteiger partial charge in [0, 0.05) is 11.4 Å². The molecule has 1 N–H and O–H groups in total. The van der Waals surface area contributed by atoms with E-state index in [2.05, 4.69) is 11.4 Å². The number of carbonyl (C=O) groups is 1. The van der Waals surface area contributed by atoms with Crippen molar-refractivity contribution in [3.05, 3.63) is 41.6 Å². The molecule has 0 unspecified atom stereocenters. The van der Waals surface area contributed by atoms with E-state index < -0.39 is 0 Å². The van der Waals surface area contributed by atoms with Crippen molar-refractivity contribution in [1.29, 1.82) is 5.26 Å². The lowest BCUT2D eigenvalue weighted by atomic mass is 10.2. The number of hydrogen-bond donors (Lipinski definition) is 1. The molecule has 0 aliphatic heterocycles. The van der Waals surface area contributed by atoms with Gasteiger partial charge in [-0.3, -0.25) is 4.79 Å². The van der Waals surface area contributed by atoms with Crippen LogP contribution in [-0.4, -0.2) is 5.78 Å². The number of nitriles is 1. The number of hydrogen-bond acceptors (Lipinski definition) is 3. The van der Waals surface area contributed by atoms with E-state index in [4.69, 9.17) is 5.26 Å². The lowest BCUT2D eigenvalue weighted by molar-refractivity contribution is -0.112. The molecule has 0 saturated heterocycles. The Morgan fingerprint density at radius 3 is 2.80 bits per heavy atom. The molecule has 0 aliphatic carbocycles. The zero-order valence-electron chi connectivity index (χ0n) is 8.74. The Kier molecular flexibility index (Phi) is 3.64. The van der Waals surface area contributed by atoms with Gasteiger partial charge in [-0.05, 0) is 38.1 Å². The van der Waals surface area contributed by atoms with Gasteiger partial charge < -0.3 is 5.32 Å². The second-order valence-corrected chi connectivity index (χ2v) is 3.26. The largest absolute Gasteiger partial charge is 0.359 e. The van der Waals surface area contributed by atoms with Crippen LogP contribution in [0.3, 0.4) is 0 Å². The third-order valence-electron chi connectivity index (χ3n) is 1.75. The van der Waals surface area contributed by atoms with Gasteiger partial charge in [0.05, 0.1) is 11.6 Å². The van der Waals surface area contributed by atoms with E-state index in [1.54, 1.807) is 25.1 Å². The van der Waals surface area contributed by atoms with Gasteiger partial charge in [-0.15, -0.1) is 0 Å². The first-order valence-corrected chi connectivity index (χ1v) is 4.58. The molecule has 0 radical (unpaired) electrons. The molecule has 0 bridgehead atoms. The Balaban J connectivity index is 2.82. The number of anilines is 1. The fraction of sp³-hybridized carbons (Fsp3) is 0.167. The summed E-state index contributed by atoms with van der Waals surface area (Å²) in [5.41, 5.74) is 2.16. The maximum absolute atomic E-state index is 10.8. The fourth-order valence-corrected chi connectivity index (χ4v) is 1.24. The van der Waals surface area contributed by atoms with Crippen LogP contribution in [0.15, 0.2) is 36.0 Å². The predicted molar refractivity (Wildman–Crippen MR) is 59.2 cm³/mol. The minimum absolute atomic E-state index is 0.00330. The molecule has 0 heterocycles. The van der Waals surface area contributed by atoms with E-state index in [0.717, 1.165) is 11.4 Å². The van der Waals surface area contributed by atoms with Crippen LogP contribution in [-0.2, 0) is 4.79 Å². The van der Waals surface area contributed by atoms with Gasteiger partial charge in [-0.1, -0.05) is 6.07 Å². The van der Waals surface area contributed by atoms with Gasteiger partial charge in [0.2, 0.25) is 0 Å². The van der Waals surface area contributed by atoms with Crippen molar-refractivity contribution in [2.24, 2.45) is 0 Å². The van der Waals surface area contributed by atoms with E-state index in [0.29, 0.717) is 5.56 Å². The Bertz CT molecular complexity index is 441. The lowest BCUT2D eigenvalue weighted by Gasteiger charge is -2.05. The van der Waals surface area contributed by atoms with Gasteiger partial charge in [0.15, 0.2) is 5.78 Å². The smallest absolute Gasteiger partial charge is 0.154 e. The maximum atomic E-state index is 10.8. The third-order valence-corrected chi connectivity index (χ3v) is 1.75. The first kappa shape index (κ1) is 11.0. The molecule has 0 aliphatic rings. The highest BCUT2D eigenvalue weighted by Gasteiger charge is 1.96. The quantitative estimate of drug-likeness (QED) is 0.762. The van der Waals surface area contributed by atoms with E-state index in [9.17, 15) is 4.79 Å². The van der Waals surface area contributed by atoms with E-state index in [1.807, 2.05) is 6.07 Å². The molecule has 1 aromatic carbocycles. The Morgan fingerprint density at radius 2 is 2.20 bits per heavy atom. The summed E-state index contributed by atoms with van der Waals surface area (Å²) in [6.45, 7) is 3.30. The highest BCUT2D eigenvalue weighted by Crippen LogP contribution is 2.11. The summed E-state index contributed by atoms with van der Waals surface area (Å²) in [4.78, 5) is 10.8. The normalized spacial score (nSPS) is 10.6. The van der Waals surface area contributed by atoms with Crippen LogP contribution in [0, 0.1) is 11.3 Å². The molecule has 0 amide bonds. The lowest BCUT2D eigenvalue weighted by Crippen LogP contribution is -1.98. The van der Waals surface area contributed by atoms with Gasteiger partial charge >= 0.3 is 0 Å². The van der Waals surface area contributed by atoms with Crippen LogP contribution in [0.4, 0.5) is 5.69 Å². The summed E-state index contributed by atoms with van der Waals surface area (Å²) < 4.78 is 0. The number of nitrogens with zero attached hydrogens (tertiary/aromatic N) is 1. The topological polar surface area (TPSA) is 52.9 Å². The highest BCUT2D eigenvalue weighted by molar-refractivity contribution is 5.88. The number of carbonyl (C=O) groups excluding carboxylic acids is 1. The molecule has 0 atom stereocenters. The molecule has 76 valence electrons. The first-order valence-electron chi connectivity index (χ1n) is 4.58. The molecule has 15 heavy (non-hydrogen) atoms. The minimum Gasteiger partial charge on any atom is -0.359 e. The zero-order chi connectivity index (χ0) is 11.3. The Labute approximate surface area is 89.0 Å². The van der Waals surface area contributed by atoms with E-state index in [-0.39, 0.29) is 5.78 Å². The molecule has 1 rings (SSSR count). The average Bonchev–Trinajstić information content (AvgIpc) is 2.16. The van der Waals surface area contributed by atoms with Gasteiger partial charge in [-0.2, -0.15) is 5.26 Å². The van der Waals surface area contributed by atoms with Crippen molar-refractivity contribution in [1.82, 2.24) is 0 Å². The average molecular weight is 200 g/mol. The van der Waals surface area contributed by atoms with Crippen LogP contribution in [0.2, 0.25) is 0 Å². The molecule has 0 fully saturated rings. The van der Waals surface area contributed by atoms with E-state index >= 15 is 0 Å². The molecule has 0 spiro atoms. The van der Waals surface area contributed by atoms with Gasteiger partial charge in [-0.25, -0.2) is 0 Å². The monoisotopic (exact) mass is 200 g/mol. The first-order chi connectivity index (χ1) is 7.11. The summed E-state index contributed by atoms with van der Waals surface area (Å²) in [6.07, 6.45) is 1.51. The van der Waals surface area contributed by atoms with Crippen LogP contribution < -0.4 is 5.32 Å². The van der Waals surface area contributed by atoms with Crippen LogP contribution in [0.5, 0.6) is 0 Å². The van der Waals surface area contributed by atoms with Crippen molar-refractivity contribution >= 4 is 11.5 Å². The zero-order valence-corrected chi connectivity index (χ0v) is 8.74. The molecule has 0 saturated carbocycles. The summed E-state index contributed by atoms with van der Waals surface area (Å²) in [5, 5.41) is 11.7. The molecule has 3 heteroatoms. The van der Waals surface area contributed by atoms with Crippen molar-refractivity contribution < 1.29 is 4.79 Å². The molecule has 1 aromatic rings. The standard InChI is InChI=1S/C12H12N2O/c1-9(6-10(2)15)14-12-5-3-4-11(7-12)8-13/h3-7,14H,1-2H3/b9-6+. The van der Waals surface area contributed by atoms with E-state index in [1.165, 1.54) is 13.0 Å². The molecular weight excluding hydrogens is 188 g/mol. The summed E-state index contributed by atoms with van der Waals surface area (Å²) in [5.74, 6) is -0.00330.